The van der Waals surface area contributed by atoms with Gasteiger partial charge in [-0.3, -0.25) is 9.59 Å². The molecule has 0 unspecified atom stereocenters. The molecule has 0 aromatic carbocycles. The minimum absolute atomic E-state index is 0.0283. The lowest BCUT2D eigenvalue weighted by molar-refractivity contribution is -0.131. The zero-order valence-corrected chi connectivity index (χ0v) is 10.3. The molecule has 3 N–H and O–H groups in total. The second-order valence-corrected chi connectivity index (χ2v) is 4.88. The first-order valence-corrected chi connectivity index (χ1v) is 6.54. The fourth-order valence-corrected chi connectivity index (χ4v) is 2.73. The van der Waals surface area contributed by atoms with Gasteiger partial charge >= 0.3 is 0 Å². The van der Waals surface area contributed by atoms with Gasteiger partial charge in [0.25, 0.3) is 0 Å². The van der Waals surface area contributed by atoms with Crippen LogP contribution in [0.3, 0.4) is 0 Å². The molecule has 17 heavy (non-hydrogen) atoms. The predicted molar refractivity (Wildman–Crippen MR) is 64.4 cm³/mol. The summed E-state index contributed by atoms with van der Waals surface area (Å²) in [5.74, 6) is -0.0891. The maximum Gasteiger partial charge on any atom is 0.237 e. The SMILES string of the molecule is CCNC(=O)C[C@@H]1N[C@H]2CCCC[C@H]2NC1=O. The summed E-state index contributed by atoms with van der Waals surface area (Å²) in [4.78, 5) is 23.3. The topological polar surface area (TPSA) is 70.2 Å². The number of fused-ring (bicyclic) bond motifs is 1. The molecule has 0 aromatic heterocycles. The van der Waals surface area contributed by atoms with Crippen LogP contribution in [0.2, 0.25) is 0 Å². The number of hydrogen-bond donors (Lipinski definition) is 3. The van der Waals surface area contributed by atoms with Gasteiger partial charge in [-0.05, 0) is 19.8 Å². The predicted octanol–water partition coefficient (Wildman–Crippen LogP) is -0.0882. The lowest BCUT2D eigenvalue weighted by Crippen LogP contribution is -2.65. The Balaban J connectivity index is 1.90. The van der Waals surface area contributed by atoms with E-state index in [0.717, 1.165) is 12.8 Å². The minimum atomic E-state index is -0.360. The van der Waals surface area contributed by atoms with Crippen molar-refractivity contribution in [2.75, 3.05) is 6.54 Å². The third-order valence-corrected chi connectivity index (χ3v) is 3.59. The van der Waals surface area contributed by atoms with E-state index in [1.54, 1.807) is 0 Å². The van der Waals surface area contributed by atoms with Crippen molar-refractivity contribution >= 4 is 11.8 Å². The molecule has 2 amide bonds. The molecule has 0 radical (unpaired) electrons. The number of carbonyl (C=O) groups is 2. The molecule has 2 rings (SSSR count). The molecule has 1 saturated carbocycles. The standard InChI is InChI=1S/C12H21N3O2/c1-2-13-11(16)7-10-12(17)15-9-6-4-3-5-8(9)14-10/h8-10,14H,2-7H2,1H3,(H,13,16)(H,15,17)/t8-,9+,10-/m0/s1. The van der Waals surface area contributed by atoms with Crippen molar-refractivity contribution in [1.82, 2.24) is 16.0 Å². The smallest absolute Gasteiger partial charge is 0.237 e. The van der Waals surface area contributed by atoms with Gasteiger partial charge in [0.15, 0.2) is 0 Å². The summed E-state index contributed by atoms with van der Waals surface area (Å²) in [6.45, 7) is 2.49. The first kappa shape index (κ1) is 12.4. The fraction of sp³-hybridized carbons (Fsp3) is 0.833. The van der Waals surface area contributed by atoms with E-state index in [4.69, 9.17) is 0 Å². The first-order valence-electron chi connectivity index (χ1n) is 6.54. The lowest BCUT2D eigenvalue weighted by atomic mass is 9.87. The Hall–Kier alpha value is -1.10. The number of rotatable bonds is 3. The zero-order valence-electron chi connectivity index (χ0n) is 10.3. The molecule has 96 valence electrons. The van der Waals surface area contributed by atoms with Crippen molar-refractivity contribution in [3.05, 3.63) is 0 Å². The van der Waals surface area contributed by atoms with Crippen molar-refractivity contribution in [3.63, 3.8) is 0 Å². The van der Waals surface area contributed by atoms with E-state index in [2.05, 4.69) is 16.0 Å². The molecule has 2 aliphatic rings. The molecule has 1 aliphatic carbocycles. The largest absolute Gasteiger partial charge is 0.356 e. The van der Waals surface area contributed by atoms with Gasteiger partial charge in [-0.1, -0.05) is 12.8 Å². The Morgan fingerprint density at radius 2 is 2.06 bits per heavy atom. The molecule has 1 aliphatic heterocycles. The van der Waals surface area contributed by atoms with E-state index >= 15 is 0 Å². The molecule has 0 spiro atoms. The number of hydrogen-bond acceptors (Lipinski definition) is 3. The van der Waals surface area contributed by atoms with E-state index in [0.29, 0.717) is 12.6 Å². The molecule has 1 saturated heterocycles. The highest BCUT2D eigenvalue weighted by atomic mass is 16.2. The number of carbonyl (C=O) groups excluding carboxylic acids is 2. The van der Waals surface area contributed by atoms with E-state index in [9.17, 15) is 9.59 Å². The highest BCUT2D eigenvalue weighted by Crippen LogP contribution is 2.22. The van der Waals surface area contributed by atoms with E-state index < -0.39 is 0 Å². The Bertz CT molecular complexity index is 306. The summed E-state index contributed by atoms with van der Waals surface area (Å²) in [6, 6.07) is 0.253. The molecule has 5 nitrogen and oxygen atoms in total. The van der Waals surface area contributed by atoms with Crippen molar-refractivity contribution < 1.29 is 9.59 Å². The van der Waals surface area contributed by atoms with E-state index in [1.807, 2.05) is 6.92 Å². The molecule has 0 aromatic rings. The summed E-state index contributed by atoms with van der Waals surface area (Å²) in [5, 5.41) is 9.08. The number of amides is 2. The molecule has 2 fully saturated rings. The average Bonchev–Trinajstić information content (AvgIpc) is 2.30. The monoisotopic (exact) mass is 239 g/mol. The summed E-state index contributed by atoms with van der Waals surface area (Å²) in [6.07, 6.45) is 4.78. The number of nitrogens with one attached hydrogen (secondary N) is 3. The third kappa shape index (κ3) is 2.97. The van der Waals surface area contributed by atoms with Gasteiger partial charge in [0.05, 0.1) is 12.5 Å². The Morgan fingerprint density at radius 1 is 1.35 bits per heavy atom. The van der Waals surface area contributed by atoms with Crippen LogP contribution >= 0.6 is 0 Å². The highest BCUT2D eigenvalue weighted by Gasteiger charge is 2.36. The van der Waals surface area contributed by atoms with Gasteiger partial charge in [-0.2, -0.15) is 0 Å². The van der Waals surface area contributed by atoms with Crippen molar-refractivity contribution in [2.45, 2.75) is 57.2 Å². The van der Waals surface area contributed by atoms with Crippen LogP contribution in [-0.4, -0.2) is 36.5 Å². The lowest BCUT2D eigenvalue weighted by Gasteiger charge is -2.40. The van der Waals surface area contributed by atoms with E-state index in [-0.39, 0.29) is 30.3 Å². The Morgan fingerprint density at radius 3 is 2.76 bits per heavy atom. The number of piperazine rings is 1. The zero-order chi connectivity index (χ0) is 12.3. The second-order valence-electron chi connectivity index (χ2n) is 4.88. The Kier molecular flexibility index (Phi) is 3.99. The van der Waals surface area contributed by atoms with Crippen LogP contribution in [0, 0.1) is 0 Å². The summed E-state index contributed by atoms with van der Waals surface area (Å²) < 4.78 is 0. The van der Waals surface area contributed by atoms with Crippen LogP contribution in [0.1, 0.15) is 39.0 Å². The van der Waals surface area contributed by atoms with Gasteiger partial charge in [0.1, 0.15) is 0 Å². The minimum Gasteiger partial charge on any atom is -0.356 e. The van der Waals surface area contributed by atoms with Gasteiger partial charge in [0.2, 0.25) is 11.8 Å². The molecule has 3 atom stereocenters. The normalized spacial score (nSPS) is 32.5. The molecule has 1 heterocycles. The molecular formula is C12H21N3O2. The maximum absolute atomic E-state index is 11.8. The van der Waals surface area contributed by atoms with Gasteiger partial charge in [-0.25, -0.2) is 0 Å². The van der Waals surface area contributed by atoms with Crippen LogP contribution in [-0.2, 0) is 9.59 Å². The fourth-order valence-electron chi connectivity index (χ4n) is 2.73. The van der Waals surface area contributed by atoms with Gasteiger partial charge in [-0.15, -0.1) is 0 Å². The van der Waals surface area contributed by atoms with Crippen LogP contribution in [0.15, 0.2) is 0 Å². The van der Waals surface area contributed by atoms with Crippen molar-refractivity contribution in [1.29, 1.82) is 0 Å². The van der Waals surface area contributed by atoms with Gasteiger partial charge in [0, 0.05) is 18.6 Å². The molecular weight excluding hydrogens is 218 g/mol. The molecule has 0 bridgehead atoms. The van der Waals surface area contributed by atoms with Crippen molar-refractivity contribution in [2.24, 2.45) is 0 Å². The summed E-state index contributed by atoms with van der Waals surface area (Å²) >= 11 is 0. The third-order valence-electron chi connectivity index (χ3n) is 3.59. The van der Waals surface area contributed by atoms with Gasteiger partial charge < -0.3 is 16.0 Å². The first-order chi connectivity index (χ1) is 8.20. The maximum atomic E-state index is 11.8. The second kappa shape index (κ2) is 5.49. The van der Waals surface area contributed by atoms with Crippen LogP contribution in [0.5, 0.6) is 0 Å². The highest BCUT2D eigenvalue weighted by molar-refractivity contribution is 5.89. The Labute approximate surface area is 102 Å². The van der Waals surface area contributed by atoms with Crippen LogP contribution in [0.4, 0.5) is 0 Å². The van der Waals surface area contributed by atoms with Crippen LogP contribution < -0.4 is 16.0 Å². The van der Waals surface area contributed by atoms with E-state index in [1.165, 1.54) is 12.8 Å². The summed E-state index contributed by atoms with van der Waals surface area (Å²) in [7, 11) is 0. The average molecular weight is 239 g/mol. The van der Waals surface area contributed by atoms with Crippen molar-refractivity contribution in [3.8, 4) is 0 Å². The quantitative estimate of drug-likeness (QED) is 0.645. The molecule has 5 heteroatoms. The van der Waals surface area contributed by atoms with Crippen LogP contribution in [0.25, 0.3) is 0 Å². The summed E-state index contributed by atoms with van der Waals surface area (Å²) in [5.41, 5.74) is 0.